The van der Waals surface area contributed by atoms with Gasteiger partial charge in [-0.25, -0.2) is 4.98 Å². The minimum atomic E-state index is 0.443. The van der Waals surface area contributed by atoms with Gasteiger partial charge < -0.3 is 0 Å². The lowest BCUT2D eigenvalue weighted by atomic mass is 10.4. The van der Waals surface area contributed by atoms with E-state index in [2.05, 4.69) is 20.9 Å². The smallest absolute Gasteiger partial charge is 0.140 e. The fraction of sp³-hybridized carbons (Fsp3) is 0. The molecular formula is C12H7BrN2S. The topological polar surface area (TPSA) is 36.7 Å². The summed E-state index contributed by atoms with van der Waals surface area (Å²) in [4.78, 5) is 6.19. The zero-order valence-corrected chi connectivity index (χ0v) is 10.6. The van der Waals surface area contributed by atoms with Gasteiger partial charge in [0, 0.05) is 20.5 Å². The number of rotatable bonds is 2. The number of hydrogen-bond acceptors (Lipinski definition) is 3. The molecule has 4 heteroatoms. The SMILES string of the molecule is N#Cc1ccc(Sc2cccc(Br)c2)cn1. The van der Waals surface area contributed by atoms with Gasteiger partial charge in [0.1, 0.15) is 11.8 Å². The summed E-state index contributed by atoms with van der Waals surface area (Å²) >= 11 is 5.05. The van der Waals surface area contributed by atoms with E-state index in [9.17, 15) is 0 Å². The molecule has 0 aliphatic heterocycles. The predicted octanol–water partition coefficient (Wildman–Crippen LogP) is 3.87. The van der Waals surface area contributed by atoms with E-state index in [0.717, 1.165) is 14.3 Å². The quantitative estimate of drug-likeness (QED) is 0.842. The second-order valence-corrected chi connectivity index (χ2v) is 5.11. The molecule has 0 unspecified atom stereocenters. The van der Waals surface area contributed by atoms with Gasteiger partial charge >= 0.3 is 0 Å². The van der Waals surface area contributed by atoms with Crippen LogP contribution in [0.5, 0.6) is 0 Å². The van der Waals surface area contributed by atoms with Crippen LogP contribution < -0.4 is 0 Å². The van der Waals surface area contributed by atoms with E-state index in [-0.39, 0.29) is 0 Å². The molecule has 0 aliphatic carbocycles. The van der Waals surface area contributed by atoms with Crippen molar-refractivity contribution in [2.75, 3.05) is 0 Å². The van der Waals surface area contributed by atoms with Gasteiger partial charge in [-0.3, -0.25) is 0 Å². The van der Waals surface area contributed by atoms with E-state index in [1.54, 1.807) is 24.0 Å². The Morgan fingerprint density at radius 3 is 2.69 bits per heavy atom. The molecule has 0 spiro atoms. The zero-order chi connectivity index (χ0) is 11.4. The van der Waals surface area contributed by atoms with Crippen molar-refractivity contribution in [3.05, 3.63) is 52.8 Å². The van der Waals surface area contributed by atoms with Crippen LogP contribution in [0.4, 0.5) is 0 Å². The number of nitrogens with zero attached hydrogens (tertiary/aromatic N) is 2. The van der Waals surface area contributed by atoms with E-state index in [4.69, 9.17) is 5.26 Å². The molecule has 78 valence electrons. The molecule has 1 aromatic carbocycles. The third kappa shape index (κ3) is 2.84. The lowest BCUT2D eigenvalue weighted by molar-refractivity contribution is 1.19. The standard InChI is InChI=1S/C12H7BrN2S/c13-9-2-1-3-11(6-9)16-12-5-4-10(7-14)15-8-12/h1-6,8H. The first-order chi connectivity index (χ1) is 7.78. The van der Waals surface area contributed by atoms with Gasteiger partial charge in [0.25, 0.3) is 0 Å². The van der Waals surface area contributed by atoms with Gasteiger partial charge in [-0.05, 0) is 30.3 Å². The Kier molecular flexibility index (Phi) is 3.60. The summed E-state index contributed by atoms with van der Waals surface area (Å²) in [5.74, 6) is 0. The fourth-order valence-corrected chi connectivity index (χ4v) is 2.57. The molecule has 2 aromatic rings. The number of aromatic nitrogens is 1. The molecule has 0 atom stereocenters. The Balaban J connectivity index is 2.18. The van der Waals surface area contributed by atoms with Gasteiger partial charge in [0.05, 0.1) is 0 Å². The second kappa shape index (κ2) is 5.15. The first kappa shape index (κ1) is 11.2. The lowest BCUT2D eigenvalue weighted by Crippen LogP contribution is -1.81. The van der Waals surface area contributed by atoms with Gasteiger partial charge in [0.2, 0.25) is 0 Å². The van der Waals surface area contributed by atoms with Crippen LogP contribution in [0.2, 0.25) is 0 Å². The average Bonchev–Trinajstić information content (AvgIpc) is 2.30. The first-order valence-electron chi connectivity index (χ1n) is 4.57. The van der Waals surface area contributed by atoms with E-state index >= 15 is 0 Å². The van der Waals surface area contributed by atoms with Gasteiger partial charge in [-0.15, -0.1) is 0 Å². The van der Waals surface area contributed by atoms with E-state index in [0.29, 0.717) is 5.69 Å². The summed E-state index contributed by atoms with van der Waals surface area (Å²) < 4.78 is 1.05. The van der Waals surface area contributed by atoms with Crippen LogP contribution in [-0.4, -0.2) is 4.98 Å². The highest BCUT2D eigenvalue weighted by molar-refractivity contribution is 9.10. The van der Waals surface area contributed by atoms with Crippen LogP contribution in [0.3, 0.4) is 0 Å². The van der Waals surface area contributed by atoms with Gasteiger partial charge in [-0.2, -0.15) is 5.26 Å². The molecule has 0 saturated heterocycles. The molecule has 16 heavy (non-hydrogen) atoms. The van der Waals surface area contributed by atoms with Crippen LogP contribution in [0.1, 0.15) is 5.69 Å². The van der Waals surface area contributed by atoms with Crippen molar-refractivity contribution in [2.24, 2.45) is 0 Å². The number of pyridine rings is 1. The second-order valence-electron chi connectivity index (χ2n) is 3.05. The summed E-state index contributed by atoms with van der Waals surface area (Å²) in [5, 5.41) is 8.63. The van der Waals surface area contributed by atoms with Gasteiger partial charge in [-0.1, -0.05) is 33.8 Å². The Morgan fingerprint density at radius 2 is 2.06 bits per heavy atom. The maximum atomic E-state index is 8.63. The summed E-state index contributed by atoms with van der Waals surface area (Å²) in [6.45, 7) is 0. The summed E-state index contributed by atoms with van der Waals surface area (Å²) in [6.07, 6.45) is 1.71. The molecule has 1 aromatic heterocycles. The molecule has 2 rings (SSSR count). The zero-order valence-electron chi connectivity index (χ0n) is 8.22. The number of hydrogen-bond donors (Lipinski definition) is 0. The fourth-order valence-electron chi connectivity index (χ4n) is 1.17. The van der Waals surface area contributed by atoms with Crippen LogP contribution in [-0.2, 0) is 0 Å². The number of benzene rings is 1. The van der Waals surface area contributed by atoms with Crippen molar-refractivity contribution in [3.8, 4) is 6.07 Å². The van der Waals surface area contributed by atoms with Crippen molar-refractivity contribution >= 4 is 27.7 Å². The Bertz CT molecular complexity index is 531. The highest BCUT2D eigenvalue weighted by Crippen LogP contribution is 2.28. The maximum absolute atomic E-state index is 8.63. The molecule has 0 fully saturated rings. The normalized spacial score (nSPS) is 9.75. The Morgan fingerprint density at radius 1 is 1.19 bits per heavy atom. The van der Waals surface area contributed by atoms with Crippen molar-refractivity contribution in [2.45, 2.75) is 9.79 Å². The number of nitriles is 1. The third-order valence-corrected chi connectivity index (χ3v) is 3.34. The maximum Gasteiger partial charge on any atom is 0.140 e. The first-order valence-corrected chi connectivity index (χ1v) is 6.18. The summed E-state index contributed by atoms with van der Waals surface area (Å²) in [7, 11) is 0. The minimum Gasteiger partial charge on any atom is -0.244 e. The Labute approximate surface area is 106 Å². The summed E-state index contributed by atoms with van der Waals surface area (Å²) in [5.41, 5.74) is 0.443. The molecular weight excluding hydrogens is 284 g/mol. The molecule has 0 N–H and O–H groups in total. The van der Waals surface area contributed by atoms with Crippen molar-refractivity contribution in [1.29, 1.82) is 5.26 Å². The van der Waals surface area contributed by atoms with Crippen molar-refractivity contribution in [3.63, 3.8) is 0 Å². The van der Waals surface area contributed by atoms with E-state index in [1.807, 2.05) is 36.4 Å². The van der Waals surface area contributed by atoms with E-state index in [1.165, 1.54) is 0 Å². The molecule has 1 heterocycles. The van der Waals surface area contributed by atoms with Crippen molar-refractivity contribution in [1.82, 2.24) is 4.98 Å². The predicted molar refractivity (Wildman–Crippen MR) is 67.2 cm³/mol. The number of halogens is 1. The van der Waals surface area contributed by atoms with E-state index < -0.39 is 0 Å². The lowest BCUT2D eigenvalue weighted by Gasteiger charge is -2.01. The average molecular weight is 291 g/mol. The molecule has 0 radical (unpaired) electrons. The highest BCUT2D eigenvalue weighted by Gasteiger charge is 1.99. The molecule has 0 aliphatic rings. The third-order valence-electron chi connectivity index (χ3n) is 1.88. The van der Waals surface area contributed by atoms with Crippen LogP contribution in [0.25, 0.3) is 0 Å². The largest absolute Gasteiger partial charge is 0.244 e. The monoisotopic (exact) mass is 290 g/mol. The van der Waals surface area contributed by atoms with Crippen LogP contribution in [0, 0.1) is 11.3 Å². The minimum absolute atomic E-state index is 0.443. The molecule has 2 nitrogen and oxygen atoms in total. The summed E-state index contributed by atoms with van der Waals surface area (Å²) in [6, 6.07) is 13.7. The highest BCUT2D eigenvalue weighted by atomic mass is 79.9. The molecule has 0 bridgehead atoms. The van der Waals surface area contributed by atoms with Gasteiger partial charge in [0.15, 0.2) is 0 Å². The van der Waals surface area contributed by atoms with Crippen molar-refractivity contribution < 1.29 is 0 Å². The Hall–Kier alpha value is -1.31. The van der Waals surface area contributed by atoms with Crippen LogP contribution in [0.15, 0.2) is 56.9 Å². The molecule has 0 saturated carbocycles. The molecule has 0 amide bonds. The van der Waals surface area contributed by atoms with Crippen LogP contribution >= 0.6 is 27.7 Å².